The van der Waals surface area contributed by atoms with Crippen LogP contribution in [0.4, 0.5) is 5.69 Å². The van der Waals surface area contributed by atoms with E-state index < -0.39 is 10.9 Å². The van der Waals surface area contributed by atoms with Gasteiger partial charge in [0.05, 0.1) is 6.20 Å². The van der Waals surface area contributed by atoms with E-state index in [4.69, 9.17) is 4.42 Å². The van der Waals surface area contributed by atoms with Crippen LogP contribution in [-0.2, 0) is 10.9 Å². The molecule has 3 rings (SSSR count). The van der Waals surface area contributed by atoms with Crippen LogP contribution < -0.4 is 10.0 Å². The maximum atomic E-state index is 10.7. The van der Waals surface area contributed by atoms with Crippen molar-refractivity contribution in [1.82, 2.24) is 9.71 Å². The number of thiol groups is 1. The molecule has 6 nitrogen and oxygen atoms in total. The third-order valence-electron chi connectivity index (χ3n) is 4.29. The first kappa shape index (κ1) is 16.0. The summed E-state index contributed by atoms with van der Waals surface area (Å²) in [7, 11) is -2.48. The van der Waals surface area contributed by atoms with Crippen LogP contribution in [0.3, 0.4) is 0 Å². The molecule has 2 aromatic rings. The van der Waals surface area contributed by atoms with E-state index in [-0.39, 0.29) is 6.04 Å². The van der Waals surface area contributed by atoms with Gasteiger partial charge in [0.2, 0.25) is 16.8 Å². The van der Waals surface area contributed by atoms with Crippen LogP contribution in [0.2, 0.25) is 0 Å². The van der Waals surface area contributed by atoms with Crippen molar-refractivity contribution in [3.05, 3.63) is 36.7 Å². The van der Waals surface area contributed by atoms with E-state index in [0.29, 0.717) is 11.8 Å². The van der Waals surface area contributed by atoms with Gasteiger partial charge in [-0.2, -0.15) is 0 Å². The molecule has 0 spiro atoms. The zero-order valence-corrected chi connectivity index (χ0v) is 13.7. The molecular formula is C16H21N3O3S. The molecule has 0 saturated heterocycles. The minimum absolute atomic E-state index is 0.118. The monoisotopic (exact) mass is 335 g/mol. The average molecular weight is 335 g/mol. The Hall–Kier alpha value is -1.86. The molecule has 0 atom stereocenters. The zero-order chi connectivity index (χ0) is 16.1. The number of nitrogens with zero attached hydrogens (tertiary/aromatic N) is 1. The molecule has 0 aliphatic heterocycles. The van der Waals surface area contributed by atoms with Crippen LogP contribution in [0.15, 0.2) is 41.1 Å². The molecule has 124 valence electrons. The fourth-order valence-electron chi connectivity index (χ4n) is 3.00. The maximum absolute atomic E-state index is 10.7. The largest absolute Gasteiger partial charge is 0.445 e. The molecule has 1 saturated carbocycles. The number of oxazole rings is 1. The number of rotatable bonds is 6. The summed E-state index contributed by atoms with van der Waals surface area (Å²) in [5, 5.41) is 3.45. The van der Waals surface area contributed by atoms with E-state index >= 15 is 0 Å². The van der Waals surface area contributed by atoms with Crippen LogP contribution >= 0.6 is 0 Å². The molecular weight excluding hydrogens is 314 g/mol. The predicted molar refractivity (Wildman–Crippen MR) is 89.6 cm³/mol. The van der Waals surface area contributed by atoms with Gasteiger partial charge in [-0.25, -0.2) is 18.1 Å². The number of anilines is 1. The van der Waals surface area contributed by atoms with Crippen molar-refractivity contribution in [3.8, 4) is 11.5 Å². The maximum Gasteiger partial charge on any atom is 0.225 e. The molecule has 2 N–H and O–H groups in total. The first-order valence-corrected chi connectivity index (χ1v) is 9.03. The average Bonchev–Trinajstić information content (AvgIpc) is 3.09. The predicted octanol–water partition coefficient (Wildman–Crippen LogP) is 2.43. The molecule has 23 heavy (non-hydrogen) atoms. The number of nitrogens with one attached hydrogen (secondary N) is 2. The van der Waals surface area contributed by atoms with Gasteiger partial charge in [-0.05, 0) is 55.9 Å². The van der Waals surface area contributed by atoms with Gasteiger partial charge in [0.25, 0.3) is 0 Å². The molecule has 1 aromatic carbocycles. The van der Waals surface area contributed by atoms with Gasteiger partial charge in [-0.3, -0.25) is 0 Å². The molecule has 7 heteroatoms. The molecule has 0 amide bonds. The van der Waals surface area contributed by atoms with Crippen molar-refractivity contribution in [1.29, 1.82) is 0 Å². The summed E-state index contributed by atoms with van der Waals surface area (Å²) in [6.07, 6.45) is 7.12. The summed E-state index contributed by atoms with van der Waals surface area (Å²) in [6.45, 7) is 0.911. The Balaban J connectivity index is 1.46. The fourth-order valence-corrected chi connectivity index (χ4v) is 3.56. The number of hydrogen-bond acceptors (Lipinski definition) is 5. The van der Waals surface area contributed by atoms with Crippen molar-refractivity contribution >= 4 is 16.6 Å². The minimum Gasteiger partial charge on any atom is -0.445 e. The normalized spacial score (nSPS) is 21.4. The van der Waals surface area contributed by atoms with Crippen molar-refractivity contribution < 1.29 is 12.8 Å². The highest BCUT2D eigenvalue weighted by Gasteiger charge is 2.21. The van der Waals surface area contributed by atoms with Gasteiger partial charge in [-0.15, -0.1) is 0 Å². The molecule has 0 radical (unpaired) electrons. The second-order valence-corrected chi connectivity index (χ2v) is 6.67. The van der Waals surface area contributed by atoms with Crippen LogP contribution in [0.1, 0.15) is 25.7 Å². The highest BCUT2D eigenvalue weighted by Crippen LogP contribution is 2.25. The Morgan fingerprint density at radius 2 is 1.87 bits per heavy atom. The topological polar surface area (TPSA) is 84.2 Å². The number of hydrogen-bond donors (Lipinski definition) is 3. The fraction of sp³-hybridized carbons (Fsp3) is 0.438. The second kappa shape index (κ2) is 7.61. The lowest BCUT2D eigenvalue weighted by atomic mass is 9.86. The summed E-state index contributed by atoms with van der Waals surface area (Å²) < 4.78 is 29.2. The van der Waals surface area contributed by atoms with E-state index in [1.807, 2.05) is 24.3 Å². The molecule has 0 bridgehead atoms. The van der Waals surface area contributed by atoms with Crippen molar-refractivity contribution in [2.45, 2.75) is 31.7 Å². The first-order chi connectivity index (χ1) is 11.2. The molecule has 1 aliphatic rings. The highest BCUT2D eigenvalue weighted by molar-refractivity contribution is 7.70. The third kappa shape index (κ3) is 4.56. The quantitative estimate of drug-likeness (QED) is 0.706. The minimum atomic E-state index is -2.48. The Morgan fingerprint density at radius 3 is 2.48 bits per heavy atom. The van der Waals surface area contributed by atoms with Crippen molar-refractivity contribution in [3.63, 3.8) is 0 Å². The molecule has 1 heterocycles. The molecule has 0 unspecified atom stereocenters. The van der Waals surface area contributed by atoms with Crippen LogP contribution in [0, 0.1) is 5.92 Å². The summed E-state index contributed by atoms with van der Waals surface area (Å²) in [5.41, 5.74) is 2.03. The van der Waals surface area contributed by atoms with E-state index in [1.165, 1.54) is 0 Å². The van der Waals surface area contributed by atoms with Gasteiger partial charge >= 0.3 is 0 Å². The van der Waals surface area contributed by atoms with Crippen LogP contribution in [-0.4, -0.2) is 26.0 Å². The van der Waals surface area contributed by atoms with Gasteiger partial charge in [0.15, 0.2) is 0 Å². The smallest absolute Gasteiger partial charge is 0.225 e. The lowest BCUT2D eigenvalue weighted by Crippen LogP contribution is -2.33. The van der Waals surface area contributed by atoms with Gasteiger partial charge in [-0.1, -0.05) is 0 Å². The van der Waals surface area contributed by atoms with E-state index in [9.17, 15) is 8.42 Å². The van der Waals surface area contributed by atoms with E-state index in [0.717, 1.165) is 43.5 Å². The van der Waals surface area contributed by atoms with Crippen LogP contribution in [0.5, 0.6) is 0 Å². The van der Waals surface area contributed by atoms with E-state index in [1.54, 1.807) is 12.5 Å². The Morgan fingerprint density at radius 1 is 1.13 bits per heavy atom. The second-order valence-electron chi connectivity index (χ2n) is 5.90. The molecule has 1 aliphatic carbocycles. The van der Waals surface area contributed by atoms with Crippen molar-refractivity contribution in [2.75, 3.05) is 11.9 Å². The lowest BCUT2D eigenvalue weighted by Gasteiger charge is -2.28. The first-order valence-electron chi connectivity index (χ1n) is 7.85. The van der Waals surface area contributed by atoms with Gasteiger partial charge in [0.1, 0.15) is 6.26 Å². The Bertz CT molecular complexity index is 667. The molecule has 1 fully saturated rings. The van der Waals surface area contributed by atoms with Gasteiger partial charge < -0.3 is 9.73 Å². The van der Waals surface area contributed by atoms with Gasteiger partial charge in [0, 0.05) is 23.8 Å². The summed E-state index contributed by atoms with van der Waals surface area (Å²) in [4.78, 5) is 4.13. The van der Waals surface area contributed by atoms with E-state index in [2.05, 4.69) is 15.0 Å². The third-order valence-corrected chi connectivity index (χ3v) is 4.87. The lowest BCUT2D eigenvalue weighted by molar-refractivity contribution is 0.325. The van der Waals surface area contributed by atoms with Crippen molar-refractivity contribution in [2.24, 2.45) is 5.92 Å². The molecule has 1 aromatic heterocycles. The number of aromatic nitrogens is 1. The Kier molecular flexibility index (Phi) is 5.30. The van der Waals surface area contributed by atoms with Crippen LogP contribution in [0.25, 0.3) is 11.5 Å². The standard InChI is InChI=1S/C16H21N3O3S/c20-23(21)19-15-5-1-12(2-6-15)11-18-14-7-3-13(4-8-14)16-17-9-10-22-16/h3-4,7-10,12,15,18,23H,1-2,5-6,11H2,(H,19,20,21). The number of benzene rings is 1. The zero-order valence-electron chi connectivity index (χ0n) is 12.8. The SMILES string of the molecule is O=[SH](=O)NC1CCC(CNc2ccc(-c3ncco3)cc2)CC1. The Labute approximate surface area is 137 Å². The summed E-state index contributed by atoms with van der Waals surface area (Å²) in [6, 6.07) is 8.14. The highest BCUT2D eigenvalue weighted by atomic mass is 32.2. The summed E-state index contributed by atoms with van der Waals surface area (Å²) in [5.74, 6) is 1.21. The summed E-state index contributed by atoms with van der Waals surface area (Å²) >= 11 is 0.